The summed E-state index contributed by atoms with van der Waals surface area (Å²) < 4.78 is 0. The third-order valence-corrected chi connectivity index (χ3v) is 4.47. The fraction of sp³-hybridized carbons (Fsp3) is 0.611. The van der Waals surface area contributed by atoms with Crippen molar-refractivity contribution in [3.8, 4) is 0 Å². The van der Waals surface area contributed by atoms with Crippen LogP contribution in [0.15, 0.2) is 30.3 Å². The van der Waals surface area contributed by atoms with Gasteiger partial charge in [-0.05, 0) is 44.8 Å². The predicted molar refractivity (Wildman–Crippen MR) is 87.1 cm³/mol. The maximum atomic E-state index is 12.9. The molecule has 1 amide bonds. The van der Waals surface area contributed by atoms with Gasteiger partial charge in [-0.15, -0.1) is 0 Å². The predicted octanol–water partition coefficient (Wildman–Crippen LogP) is 3.38. The minimum atomic E-state index is 0.167. The highest BCUT2D eigenvalue weighted by atomic mass is 16.2. The standard InChI is InChI=1S/C18H28N2O/c1-3-4-14-20(15(2)16-8-6-5-7-9-16)18(21)17-10-12-19-13-11-17/h5-9,15,17,19H,3-4,10-14H2,1-2H3. The van der Waals surface area contributed by atoms with Gasteiger partial charge in [0.1, 0.15) is 0 Å². The Hall–Kier alpha value is -1.35. The van der Waals surface area contributed by atoms with Crippen molar-refractivity contribution in [1.82, 2.24) is 10.2 Å². The van der Waals surface area contributed by atoms with E-state index in [9.17, 15) is 4.79 Å². The summed E-state index contributed by atoms with van der Waals surface area (Å²) in [5.74, 6) is 0.551. The van der Waals surface area contributed by atoms with Gasteiger partial charge in [-0.2, -0.15) is 0 Å². The van der Waals surface area contributed by atoms with Crippen LogP contribution < -0.4 is 5.32 Å². The highest BCUT2D eigenvalue weighted by Crippen LogP contribution is 2.25. The van der Waals surface area contributed by atoms with Gasteiger partial charge in [0.05, 0.1) is 6.04 Å². The summed E-state index contributed by atoms with van der Waals surface area (Å²) in [4.78, 5) is 15.0. The van der Waals surface area contributed by atoms with Gasteiger partial charge in [0.25, 0.3) is 0 Å². The lowest BCUT2D eigenvalue weighted by Crippen LogP contribution is -2.42. The Morgan fingerprint density at radius 2 is 1.95 bits per heavy atom. The molecule has 116 valence electrons. The van der Waals surface area contributed by atoms with Crippen molar-refractivity contribution in [1.29, 1.82) is 0 Å². The van der Waals surface area contributed by atoms with E-state index in [0.717, 1.165) is 45.3 Å². The van der Waals surface area contributed by atoms with Gasteiger partial charge in [0.15, 0.2) is 0 Å². The molecule has 1 atom stereocenters. The Morgan fingerprint density at radius 1 is 1.29 bits per heavy atom. The summed E-state index contributed by atoms with van der Waals surface area (Å²) in [5, 5.41) is 3.34. The fourth-order valence-electron chi connectivity index (χ4n) is 3.04. The van der Waals surface area contributed by atoms with Crippen molar-refractivity contribution < 1.29 is 4.79 Å². The van der Waals surface area contributed by atoms with E-state index in [-0.39, 0.29) is 12.0 Å². The summed E-state index contributed by atoms with van der Waals surface area (Å²) in [5.41, 5.74) is 1.23. The molecule has 1 unspecified atom stereocenters. The Bertz CT molecular complexity index is 426. The Kier molecular flexibility index (Phi) is 6.24. The number of nitrogens with zero attached hydrogens (tertiary/aromatic N) is 1. The first-order chi connectivity index (χ1) is 10.2. The number of hydrogen-bond acceptors (Lipinski definition) is 2. The van der Waals surface area contributed by atoms with E-state index in [4.69, 9.17) is 0 Å². The maximum Gasteiger partial charge on any atom is 0.226 e. The molecular formula is C18H28N2O. The molecule has 0 saturated carbocycles. The van der Waals surface area contributed by atoms with Crippen LogP contribution in [-0.2, 0) is 4.79 Å². The van der Waals surface area contributed by atoms with Crippen molar-refractivity contribution >= 4 is 5.91 Å². The molecular weight excluding hydrogens is 260 g/mol. The summed E-state index contributed by atoms with van der Waals surface area (Å²) >= 11 is 0. The topological polar surface area (TPSA) is 32.3 Å². The molecule has 3 heteroatoms. The molecule has 1 aliphatic heterocycles. The molecule has 1 aliphatic rings. The van der Waals surface area contributed by atoms with Crippen LogP contribution in [0.1, 0.15) is 51.1 Å². The van der Waals surface area contributed by atoms with E-state index in [2.05, 4.69) is 48.3 Å². The van der Waals surface area contributed by atoms with Crippen LogP contribution in [0, 0.1) is 5.92 Å². The molecule has 0 aromatic heterocycles. The van der Waals surface area contributed by atoms with Crippen LogP contribution in [-0.4, -0.2) is 30.4 Å². The third kappa shape index (κ3) is 4.31. The lowest BCUT2D eigenvalue weighted by molar-refractivity contribution is -0.138. The molecule has 0 spiro atoms. The Morgan fingerprint density at radius 3 is 2.57 bits per heavy atom. The molecule has 1 fully saturated rings. The van der Waals surface area contributed by atoms with Crippen molar-refractivity contribution in [2.45, 2.75) is 45.6 Å². The number of rotatable bonds is 6. The highest BCUT2D eigenvalue weighted by Gasteiger charge is 2.28. The van der Waals surface area contributed by atoms with Crippen molar-refractivity contribution in [3.63, 3.8) is 0 Å². The molecule has 1 heterocycles. The van der Waals surface area contributed by atoms with E-state index < -0.39 is 0 Å². The van der Waals surface area contributed by atoms with E-state index >= 15 is 0 Å². The molecule has 2 rings (SSSR count). The molecule has 0 radical (unpaired) electrons. The first kappa shape index (κ1) is 16.0. The summed E-state index contributed by atoms with van der Waals surface area (Å²) in [7, 11) is 0. The molecule has 1 aromatic carbocycles. The summed E-state index contributed by atoms with van der Waals surface area (Å²) in [6.45, 7) is 7.15. The second-order valence-electron chi connectivity index (χ2n) is 6.00. The van der Waals surface area contributed by atoms with Crippen molar-refractivity contribution in [3.05, 3.63) is 35.9 Å². The van der Waals surface area contributed by atoms with E-state index in [1.807, 2.05) is 6.07 Å². The molecule has 1 aromatic rings. The van der Waals surface area contributed by atoms with Crippen LogP contribution in [0.4, 0.5) is 0 Å². The number of carbonyl (C=O) groups excluding carboxylic acids is 1. The number of benzene rings is 1. The first-order valence-electron chi connectivity index (χ1n) is 8.30. The van der Waals surface area contributed by atoms with E-state index in [1.165, 1.54) is 5.56 Å². The number of carbonyl (C=O) groups is 1. The normalized spacial score (nSPS) is 17.4. The van der Waals surface area contributed by atoms with Gasteiger partial charge in [0, 0.05) is 12.5 Å². The number of amides is 1. The zero-order chi connectivity index (χ0) is 15.1. The minimum absolute atomic E-state index is 0.167. The molecule has 0 bridgehead atoms. The van der Waals surface area contributed by atoms with Gasteiger partial charge in [-0.25, -0.2) is 0 Å². The molecule has 1 saturated heterocycles. The lowest BCUT2D eigenvalue weighted by atomic mass is 9.95. The van der Waals surface area contributed by atoms with Gasteiger partial charge in [-0.3, -0.25) is 4.79 Å². The summed E-state index contributed by atoms with van der Waals surface area (Å²) in [6, 6.07) is 10.6. The number of hydrogen-bond donors (Lipinski definition) is 1. The van der Waals surface area contributed by atoms with Crippen LogP contribution in [0.2, 0.25) is 0 Å². The molecule has 0 aliphatic carbocycles. The van der Waals surface area contributed by atoms with Crippen molar-refractivity contribution in [2.75, 3.05) is 19.6 Å². The quantitative estimate of drug-likeness (QED) is 0.870. The largest absolute Gasteiger partial charge is 0.336 e. The molecule has 21 heavy (non-hydrogen) atoms. The number of unbranched alkanes of at least 4 members (excludes halogenated alkanes) is 1. The first-order valence-corrected chi connectivity index (χ1v) is 8.30. The van der Waals surface area contributed by atoms with Gasteiger partial charge in [-0.1, -0.05) is 43.7 Å². The van der Waals surface area contributed by atoms with Gasteiger partial charge in [0.2, 0.25) is 5.91 Å². The third-order valence-electron chi connectivity index (χ3n) is 4.47. The Labute approximate surface area is 128 Å². The number of nitrogens with one attached hydrogen (secondary N) is 1. The minimum Gasteiger partial charge on any atom is -0.336 e. The average molecular weight is 288 g/mol. The maximum absolute atomic E-state index is 12.9. The second-order valence-corrected chi connectivity index (χ2v) is 6.00. The van der Waals surface area contributed by atoms with Crippen molar-refractivity contribution in [2.24, 2.45) is 5.92 Å². The fourth-order valence-corrected chi connectivity index (χ4v) is 3.04. The number of piperidine rings is 1. The van der Waals surface area contributed by atoms with Crippen LogP contribution in [0.3, 0.4) is 0 Å². The highest BCUT2D eigenvalue weighted by molar-refractivity contribution is 5.79. The van der Waals surface area contributed by atoms with E-state index in [0.29, 0.717) is 5.91 Å². The zero-order valence-electron chi connectivity index (χ0n) is 13.3. The average Bonchev–Trinajstić information content (AvgIpc) is 2.56. The molecule has 1 N–H and O–H groups in total. The smallest absolute Gasteiger partial charge is 0.226 e. The zero-order valence-corrected chi connectivity index (χ0v) is 13.3. The van der Waals surface area contributed by atoms with Crippen LogP contribution in [0.25, 0.3) is 0 Å². The van der Waals surface area contributed by atoms with Crippen LogP contribution >= 0.6 is 0 Å². The van der Waals surface area contributed by atoms with Gasteiger partial charge < -0.3 is 10.2 Å². The molecule has 3 nitrogen and oxygen atoms in total. The monoisotopic (exact) mass is 288 g/mol. The summed E-state index contributed by atoms with van der Waals surface area (Å²) in [6.07, 6.45) is 4.15. The lowest BCUT2D eigenvalue weighted by Gasteiger charge is -2.34. The van der Waals surface area contributed by atoms with E-state index in [1.54, 1.807) is 0 Å². The van der Waals surface area contributed by atoms with Crippen LogP contribution in [0.5, 0.6) is 0 Å². The van der Waals surface area contributed by atoms with Gasteiger partial charge >= 0.3 is 0 Å². The SMILES string of the molecule is CCCCN(C(=O)C1CCNCC1)C(C)c1ccccc1. The second kappa shape index (κ2) is 8.18. The Balaban J connectivity index is 2.10.